The van der Waals surface area contributed by atoms with Gasteiger partial charge in [-0.3, -0.25) is 0 Å². The molecule has 120 valence electrons. The number of hydrogen-bond acceptors (Lipinski definition) is 2. The van der Waals surface area contributed by atoms with Crippen molar-refractivity contribution in [2.75, 3.05) is 7.11 Å². The molecule has 2 nitrogen and oxygen atoms in total. The zero-order valence-corrected chi connectivity index (χ0v) is 15.4. The molecule has 2 aromatic rings. The molecule has 1 aromatic heterocycles. The Kier molecular flexibility index (Phi) is 5.97. The van der Waals surface area contributed by atoms with Crippen molar-refractivity contribution in [2.45, 2.75) is 13.8 Å². The molecule has 5 heteroatoms. The van der Waals surface area contributed by atoms with E-state index >= 15 is 0 Å². The summed E-state index contributed by atoms with van der Waals surface area (Å²) >= 11 is 10.1. The van der Waals surface area contributed by atoms with Crippen LogP contribution >= 0.6 is 27.5 Å². The molecule has 23 heavy (non-hydrogen) atoms. The molecule has 0 radical (unpaired) electrons. The number of halogens is 3. The first-order chi connectivity index (χ1) is 11.0. The molecule has 0 unspecified atom stereocenters. The van der Waals surface area contributed by atoms with Gasteiger partial charge in [-0.25, -0.2) is 9.37 Å². The van der Waals surface area contributed by atoms with Crippen molar-refractivity contribution < 1.29 is 9.13 Å². The minimum absolute atomic E-state index is 0.339. The van der Waals surface area contributed by atoms with Crippen molar-refractivity contribution in [2.24, 2.45) is 0 Å². The minimum atomic E-state index is -0.339. The number of aryl methyl sites for hydroxylation is 1. The molecule has 0 aliphatic heterocycles. The SMILES string of the molecule is C/C=C/C(Br)=C\c1c(C)nc(OC)c(-c2cccc(F)c2)c1Cl. The second-order valence-electron chi connectivity index (χ2n) is 4.85. The van der Waals surface area contributed by atoms with Crippen LogP contribution in [0.3, 0.4) is 0 Å². The van der Waals surface area contributed by atoms with Crippen molar-refractivity contribution in [3.05, 3.63) is 63.0 Å². The van der Waals surface area contributed by atoms with Gasteiger partial charge in [0, 0.05) is 10.0 Å². The van der Waals surface area contributed by atoms with Crippen LogP contribution in [0.25, 0.3) is 17.2 Å². The van der Waals surface area contributed by atoms with E-state index in [-0.39, 0.29) is 5.82 Å². The van der Waals surface area contributed by atoms with E-state index in [1.54, 1.807) is 12.1 Å². The third-order valence-corrected chi connectivity index (χ3v) is 4.13. The number of aromatic nitrogens is 1. The first kappa shape index (κ1) is 17.7. The Morgan fingerprint density at radius 2 is 2.13 bits per heavy atom. The zero-order valence-electron chi connectivity index (χ0n) is 13.0. The van der Waals surface area contributed by atoms with Gasteiger partial charge >= 0.3 is 0 Å². The molecule has 0 bridgehead atoms. The molecule has 0 amide bonds. The maximum absolute atomic E-state index is 13.6. The summed E-state index contributed by atoms with van der Waals surface area (Å²) in [5.74, 6) is 0.0331. The molecule has 0 aliphatic carbocycles. The van der Waals surface area contributed by atoms with Crippen molar-refractivity contribution >= 4 is 33.6 Å². The minimum Gasteiger partial charge on any atom is -0.481 e. The number of allylic oxidation sites excluding steroid dienone is 3. The van der Waals surface area contributed by atoms with Crippen LogP contribution in [0.4, 0.5) is 4.39 Å². The smallest absolute Gasteiger partial charge is 0.222 e. The molecule has 1 heterocycles. The molecule has 2 rings (SSSR count). The Bertz CT molecular complexity index is 787. The molecular weight excluding hydrogens is 381 g/mol. The highest BCUT2D eigenvalue weighted by Crippen LogP contribution is 2.39. The average Bonchev–Trinajstić information content (AvgIpc) is 2.51. The van der Waals surface area contributed by atoms with Crippen LogP contribution in [0.5, 0.6) is 5.88 Å². The fourth-order valence-electron chi connectivity index (χ4n) is 2.21. The van der Waals surface area contributed by atoms with Gasteiger partial charge in [-0.2, -0.15) is 0 Å². The predicted molar refractivity (Wildman–Crippen MR) is 97.6 cm³/mol. The molecule has 0 atom stereocenters. The first-order valence-corrected chi connectivity index (χ1v) is 8.15. The first-order valence-electron chi connectivity index (χ1n) is 6.97. The van der Waals surface area contributed by atoms with Gasteiger partial charge in [0.1, 0.15) is 5.82 Å². The van der Waals surface area contributed by atoms with Gasteiger partial charge in [0.15, 0.2) is 0 Å². The Morgan fingerprint density at radius 3 is 2.74 bits per heavy atom. The molecule has 0 saturated heterocycles. The van der Waals surface area contributed by atoms with E-state index in [0.29, 0.717) is 22.0 Å². The topological polar surface area (TPSA) is 22.1 Å². The molecule has 0 spiro atoms. The average molecular weight is 397 g/mol. The van der Waals surface area contributed by atoms with E-state index in [2.05, 4.69) is 20.9 Å². The van der Waals surface area contributed by atoms with Crippen LogP contribution < -0.4 is 4.74 Å². The third-order valence-electron chi connectivity index (χ3n) is 3.24. The summed E-state index contributed by atoms with van der Waals surface area (Å²) in [5, 5.41) is 0.474. The van der Waals surface area contributed by atoms with Gasteiger partial charge in [-0.1, -0.05) is 51.8 Å². The van der Waals surface area contributed by atoms with Crippen LogP contribution in [0.15, 0.2) is 40.9 Å². The Balaban J connectivity index is 2.73. The highest BCUT2D eigenvalue weighted by atomic mass is 79.9. The van der Waals surface area contributed by atoms with Crippen LogP contribution in [0.1, 0.15) is 18.2 Å². The lowest BCUT2D eigenvalue weighted by Gasteiger charge is -2.14. The van der Waals surface area contributed by atoms with E-state index in [1.807, 2.05) is 32.1 Å². The highest BCUT2D eigenvalue weighted by Gasteiger charge is 2.18. The number of ether oxygens (including phenoxy) is 1. The molecular formula is C18H16BrClFNO. The quantitative estimate of drug-likeness (QED) is 0.577. The van der Waals surface area contributed by atoms with Crippen molar-refractivity contribution in [1.82, 2.24) is 4.98 Å². The highest BCUT2D eigenvalue weighted by molar-refractivity contribution is 9.12. The van der Waals surface area contributed by atoms with Gasteiger partial charge in [0.05, 0.1) is 23.4 Å². The Morgan fingerprint density at radius 1 is 1.39 bits per heavy atom. The summed E-state index contributed by atoms with van der Waals surface area (Å²) in [6.45, 7) is 3.78. The van der Waals surface area contributed by atoms with E-state index in [4.69, 9.17) is 16.3 Å². The van der Waals surface area contributed by atoms with Crippen molar-refractivity contribution in [1.29, 1.82) is 0 Å². The fraction of sp³-hybridized carbons (Fsp3) is 0.167. The van der Waals surface area contributed by atoms with Gasteiger partial charge in [0.2, 0.25) is 5.88 Å². The maximum Gasteiger partial charge on any atom is 0.222 e. The Labute approximate surface area is 148 Å². The predicted octanol–water partition coefficient (Wildman–Crippen LogP) is 6.17. The number of nitrogens with zero attached hydrogens (tertiary/aromatic N) is 1. The monoisotopic (exact) mass is 395 g/mol. The third kappa shape index (κ3) is 4.01. The summed E-state index contributed by atoms with van der Waals surface area (Å²) in [4.78, 5) is 4.45. The van der Waals surface area contributed by atoms with Crippen molar-refractivity contribution in [3.63, 3.8) is 0 Å². The molecule has 0 fully saturated rings. The largest absolute Gasteiger partial charge is 0.481 e. The summed E-state index contributed by atoms with van der Waals surface area (Å²) in [6, 6.07) is 6.20. The van der Waals surface area contributed by atoms with Crippen LogP contribution in [0.2, 0.25) is 5.02 Å². The van der Waals surface area contributed by atoms with E-state index in [0.717, 1.165) is 15.7 Å². The normalized spacial score (nSPS) is 12.0. The maximum atomic E-state index is 13.6. The summed E-state index contributed by atoms with van der Waals surface area (Å²) < 4.78 is 19.8. The zero-order chi connectivity index (χ0) is 17.0. The second kappa shape index (κ2) is 7.75. The van der Waals surface area contributed by atoms with Gasteiger partial charge in [0.25, 0.3) is 0 Å². The molecule has 1 aromatic carbocycles. The molecule has 0 aliphatic rings. The van der Waals surface area contributed by atoms with Gasteiger partial charge in [-0.05, 0) is 37.6 Å². The van der Waals surface area contributed by atoms with E-state index in [1.165, 1.54) is 19.2 Å². The Hall–Kier alpha value is -1.65. The summed E-state index contributed by atoms with van der Waals surface area (Å²) in [6.07, 6.45) is 5.70. The lowest BCUT2D eigenvalue weighted by molar-refractivity contribution is 0.398. The summed E-state index contributed by atoms with van der Waals surface area (Å²) in [7, 11) is 1.52. The van der Waals surface area contributed by atoms with Gasteiger partial charge in [-0.15, -0.1) is 0 Å². The number of pyridine rings is 1. The lowest BCUT2D eigenvalue weighted by Crippen LogP contribution is -1.99. The lowest BCUT2D eigenvalue weighted by atomic mass is 10.0. The number of methoxy groups -OCH3 is 1. The fourth-order valence-corrected chi connectivity index (χ4v) is 3.09. The number of rotatable bonds is 4. The second-order valence-corrected chi connectivity index (χ2v) is 6.14. The van der Waals surface area contributed by atoms with E-state index in [9.17, 15) is 4.39 Å². The molecule has 0 saturated carbocycles. The standard InChI is InChI=1S/C18H16BrClFNO/c1-4-6-13(19)10-15-11(2)22-18(23-3)16(17(15)20)12-7-5-8-14(21)9-12/h4-10H,1-3H3/b6-4+,13-10+. The van der Waals surface area contributed by atoms with Gasteiger partial charge < -0.3 is 4.74 Å². The van der Waals surface area contributed by atoms with Crippen LogP contribution in [-0.2, 0) is 0 Å². The number of benzene rings is 1. The summed E-state index contributed by atoms with van der Waals surface area (Å²) in [5.41, 5.74) is 2.69. The van der Waals surface area contributed by atoms with Crippen LogP contribution in [0, 0.1) is 12.7 Å². The van der Waals surface area contributed by atoms with E-state index < -0.39 is 0 Å². The molecule has 0 N–H and O–H groups in total. The van der Waals surface area contributed by atoms with Crippen molar-refractivity contribution in [3.8, 4) is 17.0 Å². The number of hydrogen-bond donors (Lipinski definition) is 0. The van der Waals surface area contributed by atoms with Crippen LogP contribution in [-0.4, -0.2) is 12.1 Å².